The van der Waals surface area contributed by atoms with Crippen LogP contribution >= 0.6 is 0 Å². The van der Waals surface area contributed by atoms with Crippen molar-refractivity contribution in [2.75, 3.05) is 0 Å². The van der Waals surface area contributed by atoms with Crippen LogP contribution in [0.3, 0.4) is 0 Å². The molecule has 0 aliphatic heterocycles. The largest absolute Gasteiger partial charge is 0.423 e. The highest BCUT2D eigenvalue weighted by atomic mass is 19.1. The van der Waals surface area contributed by atoms with Gasteiger partial charge in [0.2, 0.25) is 17.5 Å². The molecule has 8 nitrogen and oxygen atoms in total. The topological polar surface area (TPSA) is 105 Å². The Morgan fingerprint density at radius 2 is 0.923 bits per heavy atom. The van der Waals surface area contributed by atoms with Crippen LogP contribution in [-0.4, -0.2) is 23.9 Å². The Balaban J connectivity index is 1.75. The van der Waals surface area contributed by atoms with E-state index in [4.69, 9.17) is 18.9 Å². The van der Waals surface area contributed by atoms with Gasteiger partial charge in [0.05, 0.1) is 5.56 Å². The second-order valence-corrected chi connectivity index (χ2v) is 7.48. The molecule has 3 aromatic rings. The van der Waals surface area contributed by atoms with E-state index >= 15 is 0 Å². The van der Waals surface area contributed by atoms with Gasteiger partial charge in [-0.2, -0.15) is 13.2 Å². The molecule has 3 aromatic carbocycles. The van der Waals surface area contributed by atoms with Crippen LogP contribution in [0.25, 0.3) is 11.1 Å². The number of hydrogen-bond donors (Lipinski definition) is 0. The summed E-state index contributed by atoms with van der Waals surface area (Å²) in [5, 5.41) is 0. The van der Waals surface area contributed by atoms with E-state index in [0.29, 0.717) is 11.1 Å². The van der Waals surface area contributed by atoms with Crippen molar-refractivity contribution in [2.45, 2.75) is 0 Å². The predicted octanol–water partition coefficient (Wildman–Crippen LogP) is 5.74. The van der Waals surface area contributed by atoms with Crippen molar-refractivity contribution in [3.05, 3.63) is 110 Å². The number of esters is 4. The maximum Gasteiger partial charge on any atom is 0.372 e. The molecule has 198 valence electrons. The summed E-state index contributed by atoms with van der Waals surface area (Å²) in [6, 6.07) is 15.4. The molecule has 0 spiro atoms. The van der Waals surface area contributed by atoms with E-state index in [0.717, 1.165) is 18.2 Å². The molecule has 0 radical (unpaired) electrons. The van der Waals surface area contributed by atoms with E-state index < -0.39 is 52.9 Å². The number of carbonyl (C=O) groups is 4. The van der Waals surface area contributed by atoms with Gasteiger partial charge in [0.25, 0.3) is 0 Å². The van der Waals surface area contributed by atoms with Crippen molar-refractivity contribution in [1.82, 2.24) is 0 Å². The quantitative estimate of drug-likeness (QED) is 0.193. The fourth-order valence-electron chi connectivity index (χ4n) is 2.87. The lowest BCUT2D eigenvalue weighted by molar-refractivity contribution is -0.134. The fraction of sp³-hybridized carbons (Fsp3) is 0. The van der Waals surface area contributed by atoms with Crippen LogP contribution in [0.5, 0.6) is 23.0 Å². The molecule has 39 heavy (non-hydrogen) atoms. The lowest BCUT2D eigenvalue weighted by atomic mass is 10.1. The van der Waals surface area contributed by atoms with Gasteiger partial charge in [0, 0.05) is 0 Å². The van der Waals surface area contributed by atoms with E-state index in [-0.39, 0.29) is 17.1 Å². The lowest BCUT2D eigenvalue weighted by Crippen LogP contribution is -2.14. The zero-order valence-corrected chi connectivity index (χ0v) is 19.9. The van der Waals surface area contributed by atoms with Gasteiger partial charge in [-0.3, -0.25) is 0 Å². The van der Waals surface area contributed by atoms with Gasteiger partial charge in [0.1, 0.15) is 11.5 Å². The third kappa shape index (κ3) is 7.52. The highest BCUT2D eigenvalue weighted by molar-refractivity contribution is 5.94. The molecule has 0 fully saturated rings. The fourth-order valence-corrected chi connectivity index (χ4v) is 2.87. The molecule has 0 aromatic heterocycles. The highest BCUT2D eigenvalue weighted by Gasteiger charge is 2.20. The Labute approximate surface area is 219 Å². The predicted molar refractivity (Wildman–Crippen MR) is 131 cm³/mol. The molecule has 0 N–H and O–H groups in total. The minimum Gasteiger partial charge on any atom is -0.423 e. The third-order valence-electron chi connectivity index (χ3n) is 4.71. The number of ether oxygens (including phenoxy) is 4. The SMILES string of the molecule is C=C(F)C(=O)Oc1ccc(-c2ccc(OC(=O)c3ccc(OC(=O)C(=C)F)c(OC(=O)C(=C)F)c3)cc2)cc1. The van der Waals surface area contributed by atoms with Crippen LogP contribution in [-0.2, 0) is 14.4 Å². The second-order valence-electron chi connectivity index (χ2n) is 7.48. The summed E-state index contributed by atoms with van der Waals surface area (Å²) in [6.07, 6.45) is 0. The highest BCUT2D eigenvalue weighted by Crippen LogP contribution is 2.31. The Bertz CT molecular complexity index is 1490. The van der Waals surface area contributed by atoms with E-state index in [2.05, 4.69) is 19.7 Å². The molecule has 0 unspecified atom stereocenters. The summed E-state index contributed by atoms with van der Waals surface area (Å²) in [5.74, 6) is -10.1. The van der Waals surface area contributed by atoms with E-state index in [1.165, 1.54) is 24.3 Å². The lowest BCUT2D eigenvalue weighted by Gasteiger charge is -2.11. The molecule has 3 rings (SSSR count). The van der Waals surface area contributed by atoms with Gasteiger partial charge < -0.3 is 18.9 Å². The minimum atomic E-state index is -1.54. The van der Waals surface area contributed by atoms with Crippen molar-refractivity contribution in [2.24, 2.45) is 0 Å². The van der Waals surface area contributed by atoms with E-state index in [9.17, 15) is 32.3 Å². The molecule has 0 aliphatic rings. The molecule has 0 saturated heterocycles. The number of hydrogen-bond acceptors (Lipinski definition) is 8. The number of carbonyl (C=O) groups excluding carboxylic acids is 4. The third-order valence-corrected chi connectivity index (χ3v) is 4.71. The maximum absolute atomic E-state index is 13.1. The summed E-state index contributed by atoms with van der Waals surface area (Å²) in [6.45, 7) is 8.42. The Hall–Kier alpha value is -5.45. The van der Waals surface area contributed by atoms with Crippen LogP contribution in [0.1, 0.15) is 10.4 Å². The second kappa shape index (κ2) is 12.2. The molecule has 0 saturated carbocycles. The normalized spacial score (nSPS) is 10.1. The molecular weight excluding hydrogens is 521 g/mol. The number of benzene rings is 3. The molecule has 0 amide bonds. The van der Waals surface area contributed by atoms with Crippen molar-refractivity contribution in [1.29, 1.82) is 0 Å². The zero-order chi connectivity index (χ0) is 28.7. The summed E-state index contributed by atoms with van der Waals surface area (Å²) in [5.41, 5.74) is 1.21. The summed E-state index contributed by atoms with van der Waals surface area (Å²) >= 11 is 0. The first-order valence-corrected chi connectivity index (χ1v) is 10.7. The van der Waals surface area contributed by atoms with Gasteiger partial charge >= 0.3 is 23.9 Å². The average Bonchev–Trinajstić information content (AvgIpc) is 2.90. The Morgan fingerprint density at radius 1 is 0.513 bits per heavy atom. The van der Waals surface area contributed by atoms with Crippen LogP contribution < -0.4 is 18.9 Å². The maximum atomic E-state index is 13.1. The van der Waals surface area contributed by atoms with Crippen molar-refractivity contribution < 1.29 is 51.3 Å². The molecule has 0 aliphatic carbocycles. The molecule has 11 heteroatoms. The minimum absolute atomic E-state index is 0.115. The summed E-state index contributed by atoms with van der Waals surface area (Å²) in [4.78, 5) is 47.0. The standard InChI is InChI=1S/C28H17F3O8/c1-15(29)25(32)36-21-9-4-18(5-10-21)19-6-11-22(12-7-19)37-28(35)20-8-13-23(38-26(33)16(2)30)24(14-20)39-27(34)17(3)31/h4-14H,1-3H2. The molecule has 0 atom stereocenters. The van der Waals surface area contributed by atoms with Crippen molar-refractivity contribution >= 4 is 23.9 Å². The number of halogens is 3. The van der Waals surface area contributed by atoms with E-state index in [1.54, 1.807) is 24.3 Å². The first-order chi connectivity index (χ1) is 18.4. The summed E-state index contributed by atoms with van der Waals surface area (Å²) < 4.78 is 58.4. The van der Waals surface area contributed by atoms with Crippen molar-refractivity contribution in [3.8, 4) is 34.1 Å². The smallest absolute Gasteiger partial charge is 0.372 e. The van der Waals surface area contributed by atoms with E-state index in [1.807, 2.05) is 0 Å². The first kappa shape index (κ1) is 28.1. The molecule has 0 bridgehead atoms. The van der Waals surface area contributed by atoms with Crippen LogP contribution in [0.15, 0.2) is 104 Å². The van der Waals surface area contributed by atoms with Gasteiger partial charge in [-0.25, -0.2) is 19.2 Å². The zero-order valence-electron chi connectivity index (χ0n) is 19.9. The van der Waals surface area contributed by atoms with Crippen molar-refractivity contribution in [3.63, 3.8) is 0 Å². The summed E-state index contributed by atoms with van der Waals surface area (Å²) in [7, 11) is 0. The first-order valence-electron chi connectivity index (χ1n) is 10.7. The van der Waals surface area contributed by atoms with Crippen LogP contribution in [0.2, 0.25) is 0 Å². The Kier molecular flexibility index (Phi) is 8.79. The van der Waals surface area contributed by atoms with Crippen LogP contribution in [0, 0.1) is 0 Å². The number of rotatable bonds is 9. The van der Waals surface area contributed by atoms with Gasteiger partial charge in [-0.1, -0.05) is 44.0 Å². The Morgan fingerprint density at radius 3 is 1.38 bits per heavy atom. The average molecular weight is 538 g/mol. The monoisotopic (exact) mass is 538 g/mol. The van der Waals surface area contributed by atoms with Gasteiger partial charge in [0.15, 0.2) is 11.5 Å². The molecular formula is C28H17F3O8. The van der Waals surface area contributed by atoms with Gasteiger partial charge in [-0.15, -0.1) is 0 Å². The molecule has 0 heterocycles. The van der Waals surface area contributed by atoms with Crippen LogP contribution in [0.4, 0.5) is 13.2 Å². The van der Waals surface area contributed by atoms with Gasteiger partial charge in [-0.05, 0) is 53.6 Å².